The number of rotatable bonds is 3. The summed E-state index contributed by atoms with van der Waals surface area (Å²) >= 11 is 0. The van der Waals surface area contributed by atoms with Gasteiger partial charge in [-0.25, -0.2) is 0 Å². The molecule has 0 atom stereocenters. The Morgan fingerprint density at radius 2 is 1.89 bits per heavy atom. The van der Waals surface area contributed by atoms with Crippen LogP contribution in [0.5, 0.6) is 5.75 Å². The van der Waals surface area contributed by atoms with Crippen molar-refractivity contribution >= 4 is 10.1 Å². The number of hydrogen-bond acceptors (Lipinski definition) is 4. The molecule has 0 fully saturated rings. The van der Waals surface area contributed by atoms with Gasteiger partial charge in [-0.2, -0.15) is 26.9 Å². The highest BCUT2D eigenvalue weighted by molar-refractivity contribution is 7.88. The lowest BCUT2D eigenvalue weighted by Crippen LogP contribution is -2.28. The first kappa shape index (κ1) is 15.3. The van der Waals surface area contributed by atoms with Crippen molar-refractivity contribution < 1.29 is 25.8 Å². The number of nitriles is 1. The Bertz CT molecular complexity index is 615. The normalized spacial score (nSPS) is 12.3. The fraction of sp³-hybridized carbons (Fsp3) is 0.364. The van der Waals surface area contributed by atoms with Gasteiger partial charge in [0.25, 0.3) is 0 Å². The highest BCUT2D eigenvalue weighted by atomic mass is 32.2. The van der Waals surface area contributed by atoms with Gasteiger partial charge in [-0.3, -0.25) is 0 Å². The number of alkyl halides is 3. The summed E-state index contributed by atoms with van der Waals surface area (Å²) in [6.07, 6.45) is 0. The molecule has 0 bridgehead atoms. The second-order valence-corrected chi connectivity index (χ2v) is 5.54. The summed E-state index contributed by atoms with van der Waals surface area (Å²) in [5, 5.41) is 8.71. The van der Waals surface area contributed by atoms with Gasteiger partial charge in [-0.1, -0.05) is 13.8 Å². The molecule has 0 aromatic heterocycles. The lowest BCUT2D eigenvalue weighted by molar-refractivity contribution is -0.0500. The van der Waals surface area contributed by atoms with Crippen molar-refractivity contribution in [3.05, 3.63) is 29.3 Å². The Morgan fingerprint density at radius 1 is 1.32 bits per heavy atom. The number of nitrogens with zero attached hydrogens (tertiary/aromatic N) is 1. The van der Waals surface area contributed by atoms with Gasteiger partial charge in [-0.15, -0.1) is 0 Å². The van der Waals surface area contributed by atoms with Gasteiger partial charge in [0, 0.05) is 0 Å². The minimum absolute atomic E-state index is 0.209. The molecule has 0 aliphatic carbocycles. The molecular weight excluding hydrogens is 283 g/mol. The molecule has 8 heteroatoms. The molecule has 0 saturated heterocycles. The van der Waals surface area contributed by atoms with Crippen LogP contribution in [0.3, 0.4) is 0 Å². The Hall–Kier alpha value is -1.75. The Labute approximate surface area is 108 Å². The maximum absolute atomic E-state index is 12.2. The smallest absolute Gasteiger partial charge is 0.376 e. The molecule has 1 aromatic rings. The highest BCUT2D eigenvalue weighted by Crippen LogP contribution is 2.32. The number of hydrogen-bond donors (Lipinski definition) is 0. The van der Waals surface area contributed by atoms with Crippen LogP contribution in [0.15, 0.2) is 18.2 Å². The molecule has 19 heavy (non-hydrogen) atoms. The molecule has 104 valence electrons. The van der Waals surface area contributed by atoms with E-state index in [0.717, 1.165) is 6.07 Å². The first-order valence-electron chi connectivity index (χ1n) is 5.13. The first-order valence-corrected chi connectivity index (χ1v) is 6.54. The summed E-state index contributed by atoms with van der Waals surface area (Å²) in [5.74, 6) is -0.724. The maximum atomic E-state index is 12.2. The van der Waals surface area contributed by atoms with Crippen molar-refractivity contribution in [1.29, 1.82) is 5.26 Å². The molecule has 0 aliphatic rings. The monoisotopic (exact) mass is 293 g/mol. The third kappa shape index (κ3) is 3.38. The third-order valence-electron chi connectivity index (χ3n) is 2.24. The lowest BCUT2D eigenvalue weighted by atomic mass is 10.0. The summed E-state index contributed by atoms with van der Waals surface area (Å²) in [6.45, 7) is 3.28. The molecule has 0 amide bonds. The molecule has 0 heterocycles. The number of halogens is 3. The summed E-state index contributed by atoms with van der Waals surface area (Å²) in [4.78, 5) is 0. The number of benzene rings is 1. The van der Waals surface area contributed by atoms with Crippen molar-refractivity contribution in [1.82, 2.24) is 0 Å². The Kier molecular flexibility index (Phi) is 4.10. The maximum Gasteiger partial charge on any atom is 0.534 e. The van der Waals surface area contributed by atoms with Crippen LogP contribution in [-0.4, -0.2) is 13.9 Å². The first-order chi connectivity index (χ1) is 8.58. The fourth-order valence-corrected chi connectivity index (χ4v) is 1.79. The van der Waals surface area contributed by atoms with Crippen molar-refractivity contribution in [2.24, 2.45) is 0 Å². The summed E-state index contributed by atoms with van der Waals surface area (Å²) in [5.41, 5.74) is -5.07. The van der Waals surface area contributed by atoms with Gasteiger partial charge in [-0.05, 0) is 29.7 Å². The van der Waals surface area contributed by atoms with E-state index in [0.29, 0.717) is 0 Å². The van der Waals surface area contributed by atoms with Gasteiger partial charge in [0.2, 0.25) is 0 Å². The van der Waals surface area contributed by atoms with Crippen LogP contribution < -0.4 is 4.18 Å². The third-order valence-corrected chi connectivity index (χ3v) is 3.21. The van der Waals surface area contributed by atoms with Crippen LogP contribution in [0.25, 0.3) is 0 Å². The molecular formula is C11H10F3NO3S. The topological polar surface area (TPSA) is 67.2 Å². The van der Waals surface area contributed by atoms with E-state index in [1.807, 2.05) is 6.07 Å². The van der Waals surface area contributed by atoms with Crippen molar-refractivity contribution in [3.63, 3.8) is 0 Å². The minimum Gasteiger partial charge on any atom is -0.376 e. The largest absolute Gasteiger partial charge is 0.534 e. The van der Waals surface area contributed by atoms with Gasteiger partial charge >= 0.3 is 15.6 Å². The van der Waals surface area contributed by atoms with Crippen LogP contribution in [0.1, 0.15) is 30.9 Å². The standard InChI is InChI=1S/C11H10F3NO3S/c1-7(2)9-5-8(6-15)3-4-10(9)18-19(16,17)11(12,13)14/h3-5,7H,1-2H3. The van der Waals surface area contributed by atoms with Crippen LogP contribution in [0, 0.1) is 11.3 Å². The van der Waals surface area contributed by atoms with Crippen molar-refractivity contribution in [2.75, 3.05) is 0 Å². The van der Waals surface area contributed by atoms with E-state index in [1.165, 1.54) is 12.1 Å². The zero-order valence-corrected chi connectivity index (χ0v) is 10.8. The predicted octanol–water partition coefficient (Wildman–Crippen LogP) is 2.91. The van der Waals surface area contributed by atoms with E-state index in [9.17, 15) is 21.6 Å². The van der Waals surface area contributed by atoms with Crippen LogP contribution in [0.2, 0.25) is 0 Å². The van der Waals surface area contributed by atoms with Gasteiger partial charge in [0.1, 0.15) is 5.75 Å². The summed E-state index contributed by atoms with van der Waals surface area (Å²) in [6, 6.07) is 5.34. The van der Waals surface area contributed by atoms with Gasteiger partial charge < -0.3 is 4.18 Å². The average molecular weight is 293 g/mol. The molecule has 0 spiro atoms. The SMILES string of the molecule is CC(C)c1cc(C#N)ccc1OS(=O)(=O)C(F)(F)F. The quantitative estimate of drug-likeness (QED) is 0.635. The predicted molar refractivity (Wildman–Crippen MR) is 60.8 cm³/mol. The minimum atomic E-state index is -5.71. The van der Waals surface area contributed by atoms with E-state index in [1.54, 1.807) is 13.8 Å². The summed E-state index contributed by atoms with van der Waals surface area (Å²) < 4.78 is 62.7. The average Bonchev–Trinajstić information content (AvgIpc) is 2.27. The van der Waals surface area contributed by atoms with E-state index in [-0.39, 0.29) is 17.0 Å². The second-order valence-electron chi connectivity index (χ2n) is 4.00. The lowest BCUT2D eigenvalue weighted by Gasteiger charge is -2.15. The van der Waals surface area contributed by atoms with E-state index in [4.69, 9.17) is 5.26 Å². The summed E-state index contributed by atoms with van der Waals surface area (Å²) in [7, 11) is -5.71. The zero-order chi connectivity index (χ0) is 14.8. The molecule has 1 aromatic carbocycles. The molecule has 0 radical (unpaired) electrons. The molecule has 1 rings (SSSR count). The van der Waals surface area contributed by atoms with Crippen LogP contribution in [-0.2, 0) is 10.1 Å². The van der Waals surface area contributed by atoms with Crippen LogP contribution >= 0.6 is 0 Å². The highest BCUT2D eigenvalue weighted by Gasteiger charge is 2.48. The van der Waals surface area contributed by atoms with Crippen LogP contribution in [0.4, 0.5) is 13.2 Å². The van der Waals surface area contributed by atoms with E-state index >= 15 is 0 Å². The van der Waals surface area contributed by atoms with Gasteiger partial charge in [0.05, 0.1) is 11.6 Å². The van der Waals surface area contributed by atoms with Gasteiger partial charge in [0.15, 0.2) is 0 Å². The zero-order valence-electron chi connectivity index (χ0n) is 10.0. The molecule has 0 saturated carbocycles. The Balaban J connectivity index is 3.27. The molecule has 0 aliphatic heterocycles. The van der Waals surface area contributed by atoms with Crippen molar-refractivity contribution in [2.45, 2.75) is 25.3 Å². The molecule has 0 unspecified atom stereocenters. The molecule has 0 N–H and O–H groups in total. The second kappa shape index (κ2) is 5.09. The van der Waals surface area contributed by atoms with E-state index < -0.39 is 21.4 Å². The Morgan fingerprint density at radius 3 is 2.32 bits per heavy atom. The fourth-order valence-electron chi connectivity index (χ4n) is 1.31. The molecule has 4 nitrogen and oxygen atoms in total. The van der Waals surface area contributed by atoms with Crippen molar-refractivity contribution in [3.8, 4) is 11.8 Å². The van der Waals surface area contributed by atoms with E-state index in [2.05, 4.69) is 4.18 Å².